The molecule has 3 atom stereocenters. The first-order valence-corrected chi connectivity index (χ1v) is 10.5. The Morgan fingerprint density at radius 1 is 1.10 bits per heavy atom. The van der Waals surface area contributed by atoms with Gasteiger partial charge in [-0.05, 0) is 49.6 Å². The molecule has 2 aromatic rings. The van der Waals surface area contributed by atoms with Crippen molar-refractivity contribution in [3.63, 3.8) is 0 Å². The largest absolute Gasteiger partial charge is 0.497 e. The molecular weight excluding hydrogens is 364 g/mol. The summed E-state index contributed by atoms with van der Waals surface area (Å²) in [6.07, 6.45) is 3.09. The third kappa shape index (κ3) is 2.75. The highest BCUT2D eigenvalue weighted by atomic mass is 16.5. The number of hydrogen-bond acceptors (Lipinski definition) is 4. The Labute approximate surface area is 172 Å². The van der Waals surface area contributed by atoms with Crippen molar-refractivity contribution in [1.29, 1.82) is 0 Å². The second kappa shape index (κ2) is 7.06. The van der Waals surface area contributed by atoms with Gasteiger partial charge in [-0.15, -0.1) is 0 Å². The van der Waals surface area contributed by atoms with E-state index in [-0.39, 0.29) is 5.54 Å². The number of benzene rings is 2. The number of para-hydroxylation sites is 1. The highest BCUT2D eigenvalue weighted by Crippen LogP contribution is 2.56. The van der Waals surface area contributed by atoms with Gasteiger partial charge in [0, 0.05) is 30.6 Å². The molecule has 1 amide bonds. The van der Waals surface area contributed by atoms with E-state index in [4.69, 9.17) is 9.47 Å². The number of likely N-dealkylation sites (tertiary alicyclic amines) is 1. The van der Waals surface area contributed by atoms with Crippen molar-refractivity contribution in [2.24, 2.45) is 5.92 Å². The maximum Gasteiger partial charge on any atom is 0.243 e. The van der Waals surface area contributed by atoms with Crippen molar-refractivity contribution >= 4 is 5.91 Å². The topological polar surface area (TPSA) is 42.0 Å². The highest BCUT2D eigenvalue weighted by Gasteiger charge is 2.65. The molecule has 0 aliphatic carbocycles. The first kappa shape index (κ1) is 18.5. The molecule has 0 aromatic heterocycles. The van der Waals surface area contributed by atoms with Gasteiger partial charge < -0.3 is 14.4 Å². The summed E-state index contributed by atoms with van der Waals surface area (Å²) in [6.45, 7) is 2.44. The van der Waals surface area contributed by atoms with E-state index in [0.717, 1.165) is 49.4 Å². The van der Waals surface area contributed by atoms with Crippen molar-refractivity contribution in [2.45, 2.75) is 37.4 Å². The highest BCUT2D eigenvalue weighted by molar-refractivity contribution is 5.90. The van der Waals surface area contributed by atoms with Gasteiger partial charge >= 0.3 is 0 Å². The van der Waals surface area contributed by atoms with Crippen molar-refractivity contribution in [2.75, 3.05) is 27.3 Å². The Balaban J connectivity index is 1.42. The molecule has 3 saturated heterocycles. The molecule has 0 saturated carbocycles. The van der Waals surface area contributed by atoms with Crippen molar-refractivity contribution in [3.8, 4) is 11.5 Å². The monoisotopic (exact) mass is 392 g/mol. The van der Waals surface area contributed by atoms with Crippen LogP contribution in [-0.2, 0) is 11.3 Å². The summed E-state index contributed by atoms with van der Waals surface area (Å²) in [4.78, 5) is 18.3. The minimum Gasteiger partial charge on any atom is -0.497 e. The van der Waals surface area contributed by atoms with Crippen LogP contribution >= 0.6 is 0 Å². The number of rotatable bonds is 5. The van der Waals surface area contributed by atoms with Gasteiger partial charge in [0.1, 0.15) is 17.0 Å². The van der Waals surface area contributed by atoms with Gasteiger partial charge in [0.15, 0.2) is 0 Å². The summed E-state index contributed by atoms with van der Waals surface area (Å²) < 4.78 is 10.9. The fourth-order valence-corrected chi connectivity index (χ4v) is 5.92. The lowest BCUT2D eigenvalue weighted by Gasteiger charge is -2.33. The van der Waals surface area contributed by atoms with E-state index >= 15 is 0 Å². The Hall–Kier alpha value is -2.53. The molecule has 29 heavy (non-hydrogen) atoms. The molecule has 0 unspecified atom stereocenters. The summed E-state index contributed by atoms with van der Waals surface area (Å²) in [5.41, 5.74) is 2.02. The van der Waals surface area contributed by atoms with Crippen LogP contribution in [0.25, 0.3) is 0 Å². The Morgan fingerprint density at radius 3 is 2.79 bits per heavy atom. The van der Waals surface area contributed by atoms with E-state index in [0.29, 0.717) is 24.4 Å². The molecule has 5 rings (SSSR count). The molecule has 3 aliphatic rings. The molecule has 5 heteroatoms. The lowest BCUT2D eigenvalue weighted by atomic mass is 9.85. The molecule has 3 heterocycles. The van der Waals surface area contributed by atoms with Crippen molar-refractivity contribution in [1.82, 2.24) is 9.80 Å². The van der Waals surface area contributed by atoms with Crippen LogP contribution in [0, 0.1) is 5.92 Å². The average molecular weight is 392 g/mol. The average Bonchev–Trinajstić information content (AvgIpc) is 3.39. The second-order valence-corrected chi connectivity index (χ2v) is 8.44. The van der Waals surface area contributed by atoms with Crippen molar-refractivity contribution < 1.29 is 14.3 Å². The fourth-order valence-electron chi connectivity index (χ4n) is 5.92. The van der Waals surface area contributed by atoms with E-state index < -0.39 is 0 Å². The molecule has 3 aliphatic heterocycles. The molecule has 0 N–H and O–H groups in total. The SMILES string of the molecule is COc1cccc([C@@H]2C[C@H]3CN(Cc4ccccc4OC)C(=O)[C@]34CCCN24)c1. The van der Waals surface area contributed by atoms with Crippen LogP contribution < -0.4 is 9.47 Å². The van der Waals surface area contributed by atoms with Crippen LogP contribution in [0.2, 0.25) is 0 Å². The molecular formula is C24H28N2O3. The minimum absolute atomic E-state index is 0.301. The smallest absolute Gasteiger partial charge is 0.243 e. The first-order chi connectivity index (χ1) is 14.2. The zero-order valence-corrected chi connectivity index (χ0v) is 17.1. The number of carbonyl (C=O) groups excluding carboxylic acids is 1. The number of nitrogens with zero attached hydrogens (tertiary/aromatic N) is 2. The Morgan fingerprint density at radius 2 is 1.97 bits per heavy atom. The number of carbonyl (C=O) groups is 1. The van der Waals surface area contributed by atoms with Gasteiger partial charge in [-0.2, -0.15) is 0 Å². The predicted octanol–water partition coefficient (Wildman–Crippen LogP) is 3.64. The minimum atomic E-state index is -0.324. The summed E-state index contributed by atoms with van der Waals surface area (Å²) >= 11 is 0. The van der Waals surface area contributed by atoms with E-state index in [1.54, 1.807) is 14.2 Å². The third-order valence-corrected chi connectivity index (χ3v) is 7.16. The second-order valence-electron chi connectivity index (χ2n) is 8.44. The molecule has 3 fully saturated rings. The zero-order valence-electron chi connectivity index (χ0n) is 17.1. The predicted molar refractivity (Wildman–Crippen MR) is 111 cm³/mol. The van der Waals surface area contributed by atoms with Crippen LogP contribution in [0.15, 0.2) is 48.5 Å². The molecule has 0 radical (unpaired) electrons. The van der Waals surface area contributed by atoms with Gasteiger partial charge in [0.2, 0.25) is 5.91 Å². The number of amides is 1. The van der Waals surface area contributed by atoms with Crippen LogP contribution in [0.3, 0.4) is 0 Å². The summed E-state index contributed by atoms with van der Waals surface area (Å²) in [5.74, 6) is 2.42. The number of hydrogen-bond donors (Lipinski definition) is 0. The number of methoxy groups -OCH3 is 2. The maximum absolute atomic E-state index is 13.7. The van der Waals surface area contributed by atoms with Crippen LogP contribution in [0.4, 0.5) is 0 Å². The Kier molecular flexibility index (Phi) is 4.50. The van der Waals surface area contributed by atoms with E-state index in [9.17, 15) is 4.79 Å². The van der Waals surface area contributed by atoms with E-state index in [1.807, 2.05) is 24.3 Å². The third-order valence-electron chi connectivity index (χ3n) is 7.16. The van der Waals surface area contributed by atoms with E-state index in [1.165, 1.54) is 5.56 Å². The van der Waals surface area contributed by atoms with Crippen LogP contribution in [0.1, 0.15) is 36.4 Å². The summed E-state index contributed by atoms with van der Waals surface area (Å²) in [5, 5.41) is 0. The molecule has 5 nitrogen and oxygen atoms in total. The van der Waals surface area contributed by atoms with Crippen LogP contribution in [-0.4, -0.2) is 48.6 Å². The van der Waals surface area contributed by atoms with Gasteiger partial charge in [-0.3, -0.25) is 9.69 Å². The molecule has 152 valence electrons. The maximum atomic E-state index is 13.7. The first-order valence-electron chi connectivity index (χ1n) is 10.5. The summed E-state index contributed by atoms with van der Waals surface area (Å²) in [6, 6.07) is 16.7. The van der Waals surface area contributed by atoms with Gasteiger partial charge in [-0.1, -0.05) is 30.3 Å². The Bertz CT molecular complexity index is 930. The normalized spacial score (nSPS) is 28.5. The lowest BCUT2D eigenvalue weighted by molar-refractivity contribution is -0.137. The lowest BCUT2D eigenvalue weighted by Crippen LogP contribution is -2.49. The summed E-state index contributed by atoms with van der Waals surface area (Å²) in [7, 11) is 3.40. The molecule has 2 aromatic carbocycles. The molecule has 1 spiro atoms. The molecule has 0 bridgehead atoms. The van der Waals surface area contributed by atoms with E-state index in [2.05, 4.69) is 34.1 Å². The number of ether oxygens (including phenoxy) is 2. The zero-order chi connectivity index (χ0) is 20.0. The van der Waals surface area contributed by atoms with Gasteiger partial charge in [-0.25, -0.2) is 0 Å². The van der Waals surface area contributed by atoms with Crippen LogP contribution in [0.5, 0.6) is 11.5 Å². The fraction of sp³-hybridized carbons (Fsp3) is 0.458. The van der Waals surface area contributed by atoms with Crippen molar-refractivity contribution in [3.05, 3.63) is 59.7 Å². The quantitative estimate of drug-likeness (QED) is 0.779. The van der Waals surface area contributed by atoms with Gasteiger partial charge in [0.25, 0.3) is 0 Å². The standard InChI is InChI=1S/C24H28N2O3/c1-28-20-9-5-8-17(13-20)21-14-19-16-25(15-18-7-3-4-10-22(18)29-2)23(27)24(19)11-6-12-26(21)24/h3-5,7-10,13,19,21H,6,11-12,14-16H2,1-2H3/t19-,21-,24-/m0/s1. The van der Waals surface area contributed by atoms with Gasteiger partial charge in [0.05, 0.1) is 14.2 Å².